The van der Waals surface area contributed by atoms with Gasteiger partial charge in [0.15, 0.2) is 5.82 Å². The minimum atomic E-state index is -0.216. The van der Waals surface area contributed by atoms with Gasteiger partial charge < -0.3 is 19.2 Å². The van der Waals surface area contributed by atoms with Crippen LogP contribution in [0.15, 0.2) is 41.1 Å². The Kier molecular flexibility index (Phi) is 6.03. The summed E-state index contributed by atoms with van der Waals surface area (Å²) in [5.41, 5.74) is 0.870. The van der Waals surface area contributed by atoms with Gasteiger partial charge in [-0.3, -0.25) is 9.69 Å². The van der Waals surface area contributed by atoms with E-state index in [9.17, 15) is 9.18 Å². The van der Waals surface area contributed by atoms with Crippen molar-refractivity contribution in [1.82, 2.24) is 15.0 Å². The van der Waals surface area contributed by atoms with Gasteiger partial charge in [0.1, 0.15) is 12.1 Å². The highest BCUT2D eigenvalue weighted by Gasteiger charge is 2.51. The van der Waals surface area contributed by atoms with Crippen LogP contribution in [0.1, 0.15) is 32.6 Å². The summed E-state index contributed by atoms with van der Waals surface area (Å²) in [6, 6.07) is 9.41. The van der Waals surface area contributed by atoms with Gasteiger partial charge >= 0.3 is 0 Å². The van der Waals surface area contributed by atoms with E-state index in [0.29, 0.717) is 18.0 Å². The summed E-state index contributed by atoms with van der Waals surface area (Å²) in [6.45, 7) is 7.83. The number of anilines is 2. The van der Waals surface area contributed by atoms with Crippen LogP contribution in [0.4, 0.5) is 15.9 Å². The van der Waals surface area contributed by atoms with Crippen LogP contribution in [0.2, 0.25) is 0 Å². The molecule has 178 valence electrons. The van der Waals surface area contributed by atoms with Gasteiger partial charge in [-0.1, -0.05) is 5.16 Å². The van der Waals surface area contributed by atoms with Crippen molar-refractivity contribution >= 4 is 17.4 Å². The molecule has 1 amide bonds. The molecule has 8 heteroatoms. The Bertz CT molecular complexity index is 942. The lowest BCUT2D eigenvalue weighted by Crippen LogP contribution is -2.52. The fourth-order valence-corrected chi connectivity index (χ4v) is 5.99. The predicted molar refractivity (Wildman–Crippen MR) is 126 cm³/mol. The molecule has 1 aromatic heterocycles. The topological polar surface area (TPSA) is 56.1 Å². The van der Waals surface area contributed by atoms with Gasteiger partial charge in [0.25, 0.3) is 0 Å². The molecule has 0 bridgehead atoms. The van der Waals surface area contributed by atoms with Crippen molar-refractivity contribution < 1.29 is 13.7 Å². The predicted octanol–water partition coefficient (Wildman–Crippen LogP) is 3.23. The maximum absolute atomic E-state index is 13.3. The van der Waals surface area contributed by atoms with E-state index in [1.807, 2.05) is 30.1 Å². The van der Waals surface area contributed by atoms with E-state index in [-0.39, 0.29) is 11.2 Å². The van der Waals surface area contributed by atoms with E-state index in [1.165, 1.54) is 12.1 Å². The number of aromatic nitrogens is 1. The molecule has 33 heavy (non-hydrogen) atoms. The number of rotatable bonds is 5. The number of hydrogen-bond acceptors (Lipinski definition) is 6. The molecule has 0 aliphatic carbocycles. The van der Waals surface area contributed by atoms with Crippen LogP contribution in [0.3, 0.4) is 0 Å². The number of halogens is 1. The second-order valence-electron chi connectivity index (χ2n) is 10.00. The number of carbonyl (C=O) groups excluding carboxylic acids is 1. The SMILES string of the molecule is C[C@H]1CN(c2ccc(F)cc2)CCN1CC[C@H]1CC2(CCN(c3ccon3)CC2)C(=O)N1C. The standard InChI is InChI=1S/C25H34FN5O2/c1-19-18-31(21-5-3-20(26)4-6-21)15-14-29(19)11-7-22-17-25(24(32)28(22)2)9-12-30(13-10-25)23-8-16-33-27-23/h3-6,8,16,19,22H,7,9-15,17-18H2,1-2H3/t19-,22-/m0/s1. The summed E-state index contributed by atoms with van der Waals surface area (Å²) in [6.07, 6.45) is 5.33. The second-order valence-corrected chi connectivity index (χ2v) is 10.00. The first-order chi connectivity index (χ1) is 15.9. The molecule has 1 aromatic carbocycles. The first-order valence-electron chi connectivity index (χ1n) is 12.1. The average molecular weight is 456 g/mol. The van der Waals surface area contributed by atoms with Gasteiger partial charge in [0.2, 0.25) is 5.91 Å². The monoisotopic (exact) mass is 455 g/mol. The number of amides is 1. The number of carbonyl (C=O) groups is 1. The van der Waals surface area contributed by atoms with Crippen molar-refractivity contribution in [3.05, 3.63) is 42.4 Å². The summed E-state index contributed by atoms with van der Waals surface area (Å²) in [5.74, 6) is 0.998. The quantitative estimate of drug-likeness (QED) is 0.690. The number of benzene rings is 1. The van der Waals surface area contributed by atoms with E-state index < -0.39 is 0 Å². The Balaban J connectivity index is 1.14. The van der Waals surface area contributed by atoms with Crippen LogP contribution in [0, 0.1) is 11.2 Å². The zero-order chi connectivity index (χ0) is 23.0. The minimum Gasteiger partial charge on any atom is -0.369 e. The van der Waals surface area contributed by atoms with Gasteiger partial charge in [-0.25, -0.2) is 4.39 Å². The molecule has 2 atom stereocenters. The number of likely N-dealkylation sites (tertiary alicyclic amines) is 1. The molecular formula is C25H34FN5O2. The zero-order valence-electron chi connectivity index (χ0n) is 19.6. The highest BCUT2D eigenvalue weighted by molar-refractivity contribution is 5.85. The third-order valence-corrected chi connectivity index (χ3v) is 8.12. The Hall–Kier alpha value is -2.61. The van der Waals surface area contributed by atoms with Crippen molar-refractivity contribution in [2.24, 2.45) is 5.41 Å². The second kappa shape index (κ2) is 8.97. The fourth-order valence-electron chi connectivity index (χ4n) is 5.99. The molecule has 2 aromatic rings. The average Bonchev–Trinajstić information content (AvgIpc) is 3.44. The van der Waals surface area contributed by atoms with Crippen molar-refractivity contribution in [1.29, 1.82) is 0 Å². The van der Waals surface area contributed by atoms with E-state index in [4.69, 9.17) is 4.52 Å². The zero-order valence-corrected chi connectivity index (χ0v) is 19.6. The van der Waals surface area contributed by atoms with Crippen molar-refractivity contribution in [3.63, 3.8) is 0 Å². The molecular weight excluding hydrogens is 421 g/mol. The van der Waals surface area contributed by atoms with Crippen LogP contribution < -0.4 is 9.80 Å². The first-order valence-corrected chi connectivity index (χ1v) is 12.1. The maximum Gasteiger partial charge on any atom is 0.228 e. The molecule has 4 heterocycles. The Morgan fingerprint density at radius 2 is 1.85 bits per heavy atom. The number of piperazine rings is 1. The van der Waals surface area contributed by atoms with Crippen LogP contribution in [-0.2, 0) is 4.79 Å². The normalized spacial score (nSPS) is 25.9. The third-order valence-electron chi connectivity index (χ3n) is 8.12. The number of hydrogen-bond donors (Lipinski definition) is 0. The van der Waals surface area contributed by atoms with Gasteiger partial charge in [-0.15, -0.1) is 0 Å². The highest BCUT2D eigenvalue weighted by Crippen LogP contribution is 2.45. The van der Waals surface area contributed by atoms with Crippen molar-refractivity contribution in [2.75, 3.05) is 56.1 Å². The molecule has 3 fully saturated rings. The van der Waals surface area contributed by atoms with E-state index in [0.717, 1.165) is 76.5 Å². The van der Waals surface area contributed by atoms with Crippen LogP contribution in [-0.4, -0.2) is 79.3 Å². The lowest BCUT2D eigenvalue weighted by molar-refractivity contribution is -0.136. The smallest absolute Gasteiger partial charge is 0.228 e. The highest BCUT2D eigenvalue weighted by atomic mass is 19.1. The summed E-state index contributed by atoms with van der Waals surface area (Å²) in [4.78, 5) is 22.4. The third kappa shape index (κ3) is 4.33. The van der Waals surface area contributed by atoms with Crippen LogP contribution in [0.5, 0.6) is 0 Å². The minimum absolute atomic E-state index is 0.192. The summed E-state index contributed by atoms with van der Waals surface area (Å²) < 4.78 is 18.2. The van der Waals surface area contributed by atoms with Gasteiger partial charge in [0, 0.05) is 70.2 Å². The van der Waals surface area contributed by atoms with Crippen LogP contribution >= 0.6 is 0 Å². The van der Waals surface area contributed by atoms with E-state index in [1.54, 1.807) is 6.26 Å². The van der Waals surface area contributed by atoms with Gasteiger partial charge in [-0.05, 0) is 56.9 Å². The first kappa shape index (κ1) is 22.2. The maximum atomic E-state index is 13.3. The molecule has 7 nitrogen and oxygen atoms in total. The molecule has 0 N–H and O–H groups in total. The number of nitrogens with zero attached hydrogens (tertiary/aromatic N) is 5. The molecule has 0 radical (unpaired) electrons. The lowest BCUT2D eigenvalue weighted by atomic mass is 9.75. The molecule has 0 unspecified atom stereocenters. The Morgan fingerprint density at radius 3 is 2.52 bits per heavy atom. The summed E-state index contributed by atoms with van der Waals surface area (Å²) >= 11 is 0. The summed E-state index contributed by atoms with van der Waals surface area (Å²) in [5, 5.41) is 4.05. The molecule has 3 saturated heterocycles. The van der Waals surface area contributed by atoms with Gasteiger partial charge in [0.05, 0.1) is 5.41 Å². The molecule has 3 aliphatic rings. The van der Waals surface area contributed by atoms with E-state index >= 15 is 0 Å². The summed E-state index contributed by atoms with van der Waals surface area (Å²) in [7, 11) is 1.99. The Morgan fingerprint density at radius 1 is 1.09 bits per heavy atom. The van der Waals surface area contributed by atoms with Gasteiger partial charge in [-0.2, -0.15) is 0 Å². The van der Waals surface area contributed by atoms with Crippen molar-refractivity contribution in [2.45, 2.75) is 44.7 Å². The Labute approximate surface area is 195 Å². The molecule has 1 spiro atoms. The molecule has 0 saturated carbocycles. The lowest BCUT2D eigenvalue weighted by Gasteiger charge is -2.41. The van der Waals surface area contributed by atoms with E-state index in [2.05, 4.69) is 26.8 Å². The largest absolute Gasteiger partial charge is 0.369 e. The fraction of sp³-hybridized carbons (Fsp3) is 0.600. The van der Waals surface area contributed by atoms with Crippen LogP contribution in [0.25, 0.3) is 0 Å². The molecule has 5 rings (SSSR count). The van der Waals surface area contributed by atoms with Crippen molar-refractivity contribution in [3.8, 4) is 0 Å². The number of piperidine rings is 1. The molecule has 3 aliphatic heterocycles.